The van der Waals surface area contributed by atoms with Gasteiger partial charge in [-0.3, -0.25) is 4.79 Å². The molecule has 1 saturated heterocycles. The van der Waals surface area contributed by atoms with Gasteiger partial charge in [0.2, 0.25) is 5.91 Å². The monoisotopic (exact) mass is 302 g/mol. The Kier molecular flexibility index (Phi) is 6.46. The second-order valence-electron chi connectivity index (χ2n) is 5.51. The summed E-state index contributed by atoms with van der Waals surface area (Å²) in [6.45, 7) is 7.46. The largest absolute Gasteiger partial charge is 0.494 e. The van der Waals surface area contributed by atoms with Crippen molar-refractivity contribution in [3.8, 4) is 5.75 Å². The third-order valence-corrected chi connectivity index (χ3v) is 3.83. The zero-order valence-electron chi connectivity index (χ0n) is 13.5. The van der Waals surface area contributed by atoms with Crippen LogP contribution in [0.3, 0.4) is 0 Å². The summed E-state index contributed by atoms with van der Waals surface area (Å²) in [5.74, 6) is 0.958. The van der Waals surface area contributed by atoms with Crippen LogP contribution < -0.4 is 10.1 Å². The van der Waals surface area contributed by atoms with E-state index in [4.69, 9.17) is 4.74 Å². The number of nitrogens with one attached hydrogen (secondary N) is 1. The summed E-state index contributed by atoms with van der Waals surface area (Å²) in [5.41, 5.74) is 1.01. The Morgan fingerprint density at radius 1 is 1.36 bits per heavy atom. The molecule has 0 aromatic heterocycles. The van der Waals surface area contributed by atoms with Gasteiger partial charge in [0.15, 0.2) is 0 Å². The van der Waals surface area contributed by atoms with Gasteiger partial charge in [-0.2, -0.15) is 0 Å². The minimum atomic E-state index is 0.101. The lowest BCUT2D eigenvalue weighted by Gasteiger charge is -2.27. The molecule has 1 atom stereocenters. The molecule has 0 aliphatic carbocycles. The third kappa shape index (κ3) is 4.60. The highest BCUT2D eigenvalue weighted by molar-refractivity contribution is 5.92. The van der Waals surface area contributed by atoms with Gasteiger partial charge in [0, 0.05) is 25.2 Å². The standard InChI is InChI=1S/C18H26N2O2/c1-3-13-20(16-11-12-19-14-16)18(21)10-7-15-5-8-17(9-6-15)22-4-2/h5-10,16,19H,3-4,11-14H2,1-2H3/b10-7+. The molecule has 0 bridgehead atoms. The van der Waals surface area contributed by atoms with Crippen molar-refractivity contribution in [2.45, 2.75) is 32.7 Å². The Balaban J connectivity index is 1.98. The lowest BCUT2D eigenvalue weighted by atomic mass is 10.1. The summed E-state index contributed by atoms with van der Waals surface area (Å²) < 4.78 is 5.42. The van der Waals surface area contributed by atoms with Gasteiger partial charge < -0.3 is 15.0 Å². The smallest absolute Gasteiger partial charge is 0.246 e. The molecule has 2 rings (SSSR count). The van der Waals surface area contributed by atoms with E-state index < -0.39 is 0 Å². The highest BCUT2D eigenvalue weighted by Crippen LogP contribution is 2.14. The van der Waals surface area contributed by atoms with E-state index in [1.54, 1.807) is 6.08 Å². The van der Waals surface area contributed by atoms with Crippen LogP contribution in [0.2, 0.25) is 0 Å². The SMILES string of the molecule is CCCN(C(=O)/C=C/c1ccc(OCC)cc1)C1CCNC1. The van der Waals surface area contributed by atoms with Gasteiger partial charge >= 0.3 is 0 Å². The first-order chi connectivity index (χ1) is 10.7. The minimum absolute atomic E-state index is 0.101. The van der Waals surface area contributed by atoms with Crippen molar-refractivity contribution in [1.82, 2.24) is 10.2 Å². The van der Waals surface area contributed by atoms with Gasteiger partial charge in [-0.1, -0.05) is 19.1 Å². The molecule has 1 unspecified atom stereocenters. The number of ether oxygens (including phenoxy) is 1. The molecular weight excluding hydrogens is 276 g/mol. The first kappa shape index (κ1) is 16.6. The second kappa shape index (κ2) is 8.59. The fourth-order valence-electron chi connectivity index (χ4n) is 2.72. The van der Waals surface area contributed by atoms with Crippen molar-refractivity contribution >= 4 is 12.0 Å². The van der Waals surface area contributed by atoms with E-state index >= 15 is 0 Å². The molecule has 1 fully saturated rings. The van der Waals surface area contributed by atoms with Crippen LogP contribution >= 0.6 is 0 Å². The molecule has 0 spiro atoms. The van der Waals surface area contributed by atoms with Crippen LogP contribution in [0, 0.1) is 0 Å². The predicted molar refractivity (Wildman–Crippen MR) is 89.9 cm³/mol. The number of rotatable bonds is 7. The maximum Gasteiger partial charge on any atom is 0.246 e. The van der Waals surface area contributed by atoms with Crippen molar-refractivity contribution in [3.05, 3.63) is 35.9 Å². The number of carbonyl (C=O) groups excluding carboxylic acids is 1. The van der Waals surface area contributed by atoms with E-state index in [0.29, 0.717) is 12.6 Å². The summed E-state index contributed by atoms with van der Waals surface area (Å²) in [7, 11) is 0. The van der Waals surface area contributed by atoms with E-state index in [1.165, 1.54) is 0 Å². The molecule has 0 radical (unpaired) electrons. The van der Waals surface area contributed by atoms with Crippen molar-refractivity contribution in [2.75, 3.05) is 26.2 Å². The molecule has 1 aliphatic heterocycles. The Morgan fingerprint density at radius 3 is 2.73 bits per heavy atom. The van der Waals surface area contributed by atoms with Gasteiger partial charge in [0.25, 0.3) is 0 Å². The summed E-state index contributed by atoms with van der Waals surface area (Å²) in [4.78, 5) is 14.4. The number of nitrogens with zero attached hydrogens (tertiary/aromatic N) is 1. The van der Waals surface area contributed by atoms with Crippen LogP contribution in [0.5, 0.6) is 5.75 Å². The van der Waals surface area contributed by atoms with E-state index in [9.17, 15) is 4.79 Å². The van der Waals surface area contributed by atoms with Crippen LogP contribution in [0.15, 0.2) is 30.3 Å². The molecule has 120 valence electrons. The number of amides is 1. The molecule has 1 amide bonds. The molecule has 22 heavy (non-hydrogen) atoms. The first-order valence-corrected chi connectivity index (χ1v) is 8.16. The Labute approximate surface area is 133 Å². The van der Waals surface area contributed by atoms with E-state index in [1.807, 2.05) is 42.2 Å². The van der Waals surface area contributed by atoms with Crippen molar-refractivity contribution in [1.29, 1.82) is 0 Å². The predicted octanol–water partition coefficient (Wildman–Crippen LogP) is 2.70. The van der Waals surface area contributed by atoms with Gasteiger partial charge in [-0.15, -0.1) is 0 Å². The highest BCUT2D eigenvalue weighted by Gasteiger charge is 2.24. The normalized spacial score (nSPS) is 17.8. The molecule has 1 heterocycles. The molecule has 1 aliphatic rings. The van der Waals surface area contributed by atoms with Gasteiger partial charge in [0.05, 0.1) is 6.61 Å². The van der Waals surface area contributed by atoms with E-state index in [2.05, 4.69) is 12.2 Å². The molecule has 4 heteroatoms. The maximum absolute atomic E-state index is 12.4. The van der Waals surface area contributed by atoms with E-state index in [0.717, 1.165) is 43.8 Å². The summed E-state index contributed by atoms with van der Waals surface area (Å²) in [5, 5.41) is 3.33. The average Bonchev–Trinajstić information content (AvgIpc) is 3.06. The molecule has 1 aromatic rings. The lowest BCUT2D eigenvalue weighted by Crippen LogP contribution is -2.41. The average molecular weight is 302 g/mol. The molecule has 0 saturated carbocycles. The Bertz CT molecular complexity index is 490. The molecular formula is C18H26N2O2. The maximum atomic E-state index is 12.4. The fourth-order valence-corrected chi connectivity index (χ4v) is 2.72. The highest BCUT2D eigenvalue weighted by atomic mass is 16.5. The van der Waals surface area contributed by atoms with E-state index in [-0.39, 0.29) is 5.91 Å². The topological polar surface area (TPSA) is 41.6 Å². The number of hydrogen-bond acceptors (Lipinski definition) is 3. The Morgan fingerprint density at radius 2 is 2.14 bits per heavy atom. The van der Waals surface area contributed by atoms with Crippen molar-refractivity contribution in [2.24, 2.45) is 0 Å². The zero-order valence-corrected chi connectivity index (χ0v) is 13.5. The summed E-state index contributed by atoms with van der Waals surface area (Å²) in [6.07, 6.45) is 5.59. The first-order valence-electron chi connectivity index (χ1n) is 8.16. The second-order valence-corrected chi connectivity index (χ2v) is 5.51. The van der Waals surface area contributed by atoms with Crippen LogP contribution in [0.25, 0.3) is 6.08 Å². The van der Waals surface area contributed by atoms with Gasteiger partial charge in [0.1, 0.15) is 5.75 Å². The van der Waals surface area contributed by atoms with Crippen molar-refractivity contribution < 1.29 is 9.53 Å². The van der Waals surface area contributed by atoms with Crippen LogP contribution in [0.1, 0.15) is 32.3 Å². The molecule has 1 N–H and O–H groups in total. The summed E-state index contributed by atoms with van der Waals surface area (Å²) in [6, 6.07) is 8.13. The quantitative estimate of drug-likeness (QED) is 0.787. The molecule has 1 aromatic carbocycles. The third-order valence-electron chi connectivity index (χ3n) is 3.83. The van der Waals surface area contributed by atoms with Crippen LogP contribution in [-0.4, -0.2) is 43.1 Å². The zero-order chi connectivity index (χ0) is 15.8. The summed E-state index contributed by atoms with van der Waals surface area (Å²) >= 11 is 0. The number of benzene rings is 1. The van der Waals surface area contributed by atoms with Crippen LogP contribution in [0.4, 0.5) is 0 Å². The van der Waals surface area contributed by atoms with Gasteiger partial charge in [-0.25, -0.2) is 0 Å². The van der Waals surface area contributed by atoms with Crippen molar-refractivity contribution in [3.63, 3.8) is 0 Å². The number of carbonyl (C=O) groups is 1. The number of hydrogen-bond donors (Lipinski definition) is 1. The Hall–Kier alpha value is -1.81. The molecule has 4 nitrogen and oxygen atoms in total. The van der Waals surface area contributed by atoms with Gasteiger partial charge in [-0.05, 0) is 50.1 Å². The minimum Gasteiger partial charge on any atom is -0.494 e. The fraction of sp³-hybridized carbons (Fsp3) is 0.500. The van der Waals surface area contributed by atoms with Crippen LogP contribution in [-0.2, 0) is 4.79 Å². The lowest BCUT2D eigenvalue weighted by molar-refractivity contribution is -0.127.